The standard InChI is InChI=1S/C25H29N5O3/c1-29-23-12-16-30(24(31)8-5-18-3-6-20(33-2)7-4-18)17-21(23)22(28-29)11-15-27-25(32)19-9-13-26-14-10-19/h3-4,6-7,9-10,13-14H,5,8,11-12,15-17H2,1-2H3,(H,27,32). The Hall–Kier alpha value is -3.68. The van der Waals surface area contributed by atoms with E-state index >= 15 is 0 Å². The molecule has 172 valence electrons. The van der Waals surface area contributed by atoms with Crippen LogP contribution in [0.25, 0.3) is 0 Å². The molecule has 0 fully saturated rings. The molecular weight excluding hydrogens is 418 g/mol. The van der Waals surface area contributed by atoms with E-state index < -0.39 is 0 Å². The van der Waals surface area contributed by atoms with Crippen LogP contribution in [0.1, 0.15) is 39.3 Å². The maximum atomic E-state index is 12.9. The van der Waals surface area contributed by atoms with Gasteiger partial charge in [-0.05, 0) is 36.2 Å². The zero-order chi connectivity index (χ0) is 23.2. The van der Waals surface area contributed by atoms with E-state index in [1.807, 2.05) is 40.9 Å². The Morgan fingerprint density at radius 1 is 1.09 bits per heavy atom. The van der Waals surface area contributed by atoms with E-state index in [4.69, 9.17) is 4.74 Å². The van der Waals surface area contributed by atoms with E-state index in [1.54, 1.807) is 31.6 Å². The van der Waals surface area contributed by atoms with Crippen molar-refractivity contribution in [3.63, 3.8) is 0 Å². The van der Waals surface area contributed by atoms with Gasteiger partial charge in [0.25, 0.3) is 5.91 Å². The fourth-order valence-corrected chi connectivity index (χ4v) is 4.18. The molecule has 0 radical (unpaired) electrons. The Morgan fingerprint density at radius 3 is 2.58 bits per heavy atom. The summed E-state index contributed by atoms with van der Waals surface area (Å²) in [6, 6.07) is 11.2. The molecule has 0 saturated heterocycles. The molecule has 8 nitrogen and oxygen atoms in total. The maximum Gasteiger partial charge on any atom is 0.251 e. The molecule has 1 N–H and O–H groups in total. The summed E-state index contributed by atoms with van der Waals surface area (Å²) < 4.78 is 7.10. The molecule has 0 saturated carbocycles. The van der Waals surface area contributed by atoms with Crippen LogP contribution in [-0.2, 0) is 37.6 Å². The molecule has 2 aromatic heterocycles. The zero-order valence-electron chi connectivity index (χ0n) is 19.1. The van der Waals surface area contributed by atoms with Gasteiger partial charge in [-0.15, -0.1) is 0 Å². The van der Waals surface area contributed by atoms with Crippen LogP contribution >= 0.6 is 0 Å². The van der Waals surface area contributed by atoms with Crippen molar-refractivity contribution >= 4 is 11.8 Å². The number of amides is 2. The monoisotopic (exact) mass is 447 g/mol. The molecule has 0 bridgehead atoms. The molecule has 1 aliphatic rings. The number of methoxy groups -OCH3 is 1. The first-order valence-electron chi connectivity index (χ1n) is 11.2. The van der Waals surface area contributed by atoms with Crippen molar-refractivity contribution in [2.75, 3.05) is 20.2 Å². The molecule has 0 atom stereocenters. The van der Waals surface area contributed by atoms with E-state index in [1.165, 1.54) is 5.69 Å². The number of pyridine rings is 1. The summed E-state index contributed by atoms with van der Waals surface area (Å²) in [6.45, 7) is 1.75. The van der Waals surface area contributed by atoms with E-state index in [2.05, 4.69) is 15.4 Å². The highest BCUT2D eigenvalue weighted by Gasteiger charge is 2.26. The number of aromatic nitrogens is 3. The van der Waals surface area contributed by atoms with Crippen molar-refractivity contribution in [2.24, 2.45) is 7.05 Å². The fourth-order valence-electron chi connectivity index (χ4n) is 4.18. The van der Waals surface area contributed by atoms with Gasteiger partial charge in [0.2, 0.25) is 5.91 Å². The highest BCUT2D eigenvalue weighted by Crippen LogP contribution is 2.23. The third-order valence-corrected chi connectivity index (χ3v) is 6.05. The lowest BCUT2D eigenvalue weighted by atomic mass is 10.0. The molecule has 0 aliphatic carbocycles. The summed E-state index contributed by atoms with van der Waals surface area (Å²) in [7, 11) is 3.59. The van der Waals surface area contributed by atoms with Crippen molar-refractivity contribution < 1.29 is 14.3 Å². The number of benzene rings is 1. The average molecular weight is 448 g/mol. The Balaban J connectivity index is 1.33. The van der Waals surface area contributed by atoms with Crippen LogP contribution in [0, 0.1) is 0 Å². The van der Waals surface area contributed by atoms with Crippen LogP contribution in [0.5, 0.6) is 5.75 Å². The minimum absolute atomic E-state index is 0.127. The van der Waals surface area contributed by atoms with Gasteiger partial charge in [-0.25, -0.2) is 0 Å². The van der Waals surface area contributed by atoms with Crippen molar-refractivity contribution in [2.45, 2.75) is 32.2 Å². The molecule has 4 rings (SSSR count). The van der Waals surface area contributed by atoms with Gasteiger partial charge in [0.15, 0.2) is 0 Å². The number of carbonyl (C=O) groups excluding carboxylic acids is 2. The van der Waals surface area contributed by atoms with Crippen molar-refractivity contribution in [3.05, 3.63) is 76.9 Å². The lowest BCUT2D eigenvalue weighted by Crippen LogP contribution is -2.36. The Morgan fingerprint density at radius 2 is 1.85 bits per heavy atom. The van der Waals surface area contributed by atoms with Gasteiger partial charge in [0, 0.05) is 75.2 Å². The highest BCUT2D eigenvalue weighted by molar-refractivity contribution is 5.93. The minimum atomic E-state index is -0.127. The second-order valence-corrected chi connectivity index (χ2v) is 8.15. The number of aryl methyl sites for hydroxylation is 2. The molecule has 2 amide bonds. The number of fused-ring (bicyclic) bond motifs is 1. The first-order valence-corrected chi connectivity index (χ1v) is 11.2. The first-order chi connectivity index (χ1) is 16.0. The number of hydrogen-bond donors (Lipinski definition) is 1. The second kappa shape index (κ2) is 10.3. The summed E-state index contributed by atoms with van der Waals surface area (Å²) in [6.07, 6.45) is 5.78. The smallest absolute Gasteiger partial charge is 0.251 e. The van der Waals surface area contributed by atoms with Crippen molar-refractivity contribution in [3.8, 4) is 5.75 Å². The summed E-state index contributed by atoms with van der Waals surface area (Å²) in [5.41, 5.74) is 4.93. The maximum absolute atomic E-state index is 12.9. The van der Waals surface area contributed by atoms with E-state index in [0.29, 0.717) is 44.5 Å². The number of hydrogen-bond acceptors (Lipinski definition) is 5. The van der Waals surface area contributed by atoms with Crippen LogP contribution in [0.3, 0.4) is 0 Å². The van der Waals surface area contributed by atoms with Crippen LogP contribution in [0.2, 0.25) is 0 Å². The first kappa shape index (κ1) is 22.5. The summed E-state index contributed by atoms with van der Waals surface area (Å²) >= 11 is 0. The van der Waals surface area contributed by atoms with Crippen LogP contribution in [0.15, 0.2) is 48.8 Å². The van der Waals surface area contributed by atoms with Crippen LogP contribution in [-0.4, -0.2) is 51.7 Å². The molecule has 3 aromatic rings. The molecule has 3 heterocycles. The SMILES string of the molecule is COc1ccc(CCC(=O)N2CCc3c(c(CCNC(=O)c4ccncc4)nn3C)C2)cc1. The molecule has 0 spiro atoms. The largest absolute Gasteiger partial charge is 0.497 e. The topological polar surface area (TPSA) is 89.3 Å². The van der Waals surface area contributed by atoms with Gasteiger partial charge in [-0.2, -0.15) is 5.10 Å². The number of carbonyl (C=O) groups is 2. The fraction of sp³-hybridized carbons (Fsp3) is 0.360. The molecule has 0 unspecified atom stereocenters. The van der Waals surface area contributed by atoms with Crippen LogP contribution < -0.4 is 10.1 Å². The third kappa shape index (κ3) is 5.39. The molecule has 1 aromatic carbocycles. The molecule has 8 heteroatoms. The summed E-state index contributed by atoms with van der Waals surface area (Å²) in [4.78, 5) is 31.0. The second-order valence-electron chi connectivity index (χ2n) is 8.15. The van der Waals surface area contributed by atoms with E-state index in [0.717, 1.165) is 29.0 Å². The van der Waals surface area contributed by atoms with Crippen molar-refractivity contribution in [1.82, 2.24) is 25.0 Å². The van der Waals surface area contributed by atoms with E-state index in [-0.39, 0.29) is 11.8 Å². The van der Waals surface area contributed by atoms with E-state index in [9.17, 15) is 9.59 Å². The predicted molar refractivity (Wildman–Crippen MR) is 124 cm³/mol. The Kier molecular flexibility index (Phi) is 7.02. The Bertz CT molecular complexity index is 1110. The lowest BCUT2D eigenvalue weighted by Gasteiger charge is -2.28. The minimum Gasteiger partial charge on any atom is -0.497 e. The van der Waals surface area contributed by atoms with Crippen LogP contribution in [0.4, 0.5) is 0 Å². The Labute approximate surface area is 193 Å². The van der Waals surface area contributed by atoms with Gasteiger partial charge in [0.05, 0.1) is 12.8 Å². The van der Waals surface area contributed by atoms with Gasteiger partial charge in [0.1, 0.15) is 5.75 Å². The normalized spacial score (nSPS) is 12.8. The van der Waals surface area contributed by atoms with Gasteiger partial charge in [-0.3, -0.25) is 19.3 Å². The molecule has 33 heavy (non-hydrogen) atoms. The van der Waals surface area contributed by atoms with Gasteiger partial charge in [-0.1, -0.05) is 12.1 Å². The highest BCUT2D eigenvalue weighted by atomic mass is 16.5. The predicted octanol–water partition coefficient (Wildman–Crippen LogP) is 2.31. The molecular formula is C25H29N5O3. The lowest BCUT2D eigenvalue weighted by molar-refractivity contribution is -0.132. The third-order valence-electron chi connectivity index (χ3n) is 6.05. The van der Waals surface area contributed by atoms with Gasteiger partial charge < -0.3 is 15.0 Å². The van der Waals surface area contributed by atoms with Crippen molar-refractivity contribution in [1.29, 1.82) is 0 Å². The summed E-state index contributed by atoms with van der Waals surface area (Å²) in [5.74, 6) is 0.838. The zero-order valence-corrected chi connectivity index (χ0v) is 19.1. The summed E-state index contributed by atoms with van der Waals surface area (Å²) in [5, 5.41) is 7.61. The number of nitrogens with zero attached hydrogens (tertiary/aromatic N) is 4. The number of nitrogens with one attached hydrogen (secondary N) is 1. The number of ether oxygens (including phenoxy) is 1. The molecule has 1 aliphatic heterocycles. The number of rotatable bonds is 8. The van der Waals surface area contributed by atoms with Gasteiger partial charge >= 0.3 is 0 Å². The average Bonchev–Trinajstić information content (AvgIpc) is 3.18. The quantitative estimate of drug-likeness (QED) is 0.572.